The molecule has 54 heavy (non-hydrogen) atoms. The Labute approximate surface area is 316 Å². The van der Waals surface area contributed by atoms with Crippen LogP contribution in [0, 0.1) is 11.8 Å². The van der Waals surface area contributed by atoms with Crippen molar-refractivity contribution in [3.63, 3.8) is 0 Å². The number of aliphatic hydroxyl groups excluding tert-OH is 1. The van der Waals surface area contributed by atoms with Gasteiger partial charge in [-0.2, -0.15) is 0 Å². The first-order chi connectivity index (χ1) is 26.4. The molecule has 2 amide bonds. The SMILES string of the molecule is CCCCOc1ccc(C[C@H](NC(=O)O[C@H]2CO[C@H]3OCC[C@H]32)[C@@H](O)CN(Cc2ccc(-c3ccccn3)cc2)NC(=O)O[C@@H]2C[C@@H]3CCO[C@@H]3C2)cc1. The molecule has 4 aliphatic rings. The lowest BCUT2D eigenvalue weighted by molar-refractivity contribution is -0.0907. The molecule has 1 aromatic heterocycles. The molecule has 0 spiro atoms. The second-order valence-corrected chi connectivity index (χ2v) is 14.7. The van der Waals surface area contributed by atoms with Gasteiger partial charge in [-0.3, -0.25) is 10.4 Å². The Bertz CT molecular complexity index is 1630. The number of alkyl carbamates (subject to hydrolysis) is 1. The van der Waals surface area contributed by atoms with Crippen LogP contribution >= 0.6 is 0 Å². The van der Waals surface area contributed by atoms with E-state index in [2.05, 4.69) is 22.7 Å². The van der Waals surface area contributed by atoms with Crippen molar-refractivity contribution < 1.29 is 43.1 Å². The van der Waals surface area contributed by atoms with Crippen molar-refractivity contribution >= 4 is 12.2 Å². The number of carbonyl (C=O) groups excluding carboxylic acids is 2. The molecule has 1 aliphatic carbocycles. The number of carbonyl (C=O) groups is 2. The number of unbranched alkanes of at least 4 members (excludes halogenated alkanes) is 1. The highest BCUT2D eigenvalue weighted by Gasteiger charge is 2.44. The van der Waals surface area contributed by atoms with Gasteiger partial charge in [0.1, 0.15) is 18.0 Å². The predicted octanol–water partition coefficient (Wildman–Crippen LogP) is 5.40. The molecule has 4 fully saturated rings. The minimum absolute atomic E-state index is 0.0235. The first-order valence-corrected chi connectivity index (χ1v) is 19.3. The molecule has 8 atom stereocenters. The lowest BCUT2D eigenvalue weighted by atomic mass is 10.0. The van der Waals surface area contributed by atoms with Gasteiger partial charge in [0, 0.05) is 37.9 Å². The molecule has 0 radical (unpaired) electrons. The Morgan fingerprint density at radius 3 is 2.54 bits per heavy atom. The van der Waals surface area contributed by atoms with E-state index in [0.717, 1.165) is 66.8 Å². The number of amides is 2. The summed E-state index contributed by atoms with van der Waals surface area (Å²) in [5.74, 6) is 1.14. The number of aliphatic hydroxyl groups is 1. The van der Waals surface area contributed by atoms with Crippen LogP contribution in [0.1, 0.15) is 56.6 Å². The van der Waals surface area contributed by atoms with E-state index in [1.54, 1.807) is 11.2 Å². The van der Waals surface area contributed by atoms with Gasteiger partial charge in [-0.25, -0.2) is 14.6 Å². The molecule has 13 heteroatoms. The Balaban J connectivity index is 1.05. The second kappa shape index (κ2) is 18.4. The molecular formula is C41H52N4O9. The Hall–Kier alpha value is -4.27. The van der Waals surface area contributed by atoms with Crippen LogP contribution in [0.25, 0.3) is 11.3 Å². The molecule has 4 heterocycles. The third-order valence-corrected chi connectivity index (χ3v) is 10.8. The van der Waals surface area contributed by atoms with Crippen molar-refractivity contribution in [2.75, 3.05) is 33.0 Å². The summed E-state index contributed by atoms with van der Waals surface area (Å²) in [4.78, 5) is 31.2. The molecule has 3 N–H and O–H groups in total. The number of nitrogens with one attached hydrogen (secondary N) is 2. The van der Waals surface area contributed by atoms with Crippen LogP contribution in [0.4, 0.5) is 9.59 Å². The van der Waals surface area contributed by atoms with Gasteiger partial charge in [0.25, 0.3) is 0 Å². The molecule has 290 valence electrons. The van der Waals surface area contributed by atoms with Crippen molar-refractivity contribution in [2.24, 2.45) is 11.8 Å². The topological polar surface area (TPSA) is 150 Å². The lowest BCUT2D eigenvalue weighted by Crippen LogP contribution is -2.53. The molecule has 3 aromatic rings. The molecule has 3 aliphatic heterocycles. The van der Waals surface area contributed by atoms with Crippen LogP contribution in [0.15, 0.2) is 72.9 Å². The Morgan fingerprint density at radius 2 is 1.76 bits per heavy atom. The zero-order chi connectivity index (χ0) is 37.3. The third-order valence-electron chi connectivity index (χ3n) is 10.8. The third kappa shape index (κ3) is 10.1. The number of hydrogen-bond donors (Lipinski definition) is 3. The number of aromatic nitrogens is 1. The summed E-state index contributed by atoms with van der Waals surface area (Å²) in [6.45, 7) is 4.55. The smallest absolute Gasteiger partial charge is 0.422 e. The number of hydrogen-bond acceptors (Lipinski definition) is 11. The van der Waals surface area contributed by atoms with Gasteiger partial charge in [-0.15, -0.1) is 0 Å². The molecule has 7 rings (SSSR count). The number of nitrogens with zero attached hydrogens (tertiary/aromatic N) is 2. The zero-order valence-electron chi connectivity index (χ0n) is 30.8. The molecule has 2 aromatic carbocycles. The van der Waals surface area contributed by atoms with Gasteiger partial charge in [0.05, 0.1) is 49.7 Å². The Morgan fingerprint density at radius 1 is 0.944 bits per heavy atom. The fourth-order valence-corrected chi connectivity index (χ4v) is 7.82. The molecule has 3 saturated heterocycles. The average molecular weight is 745 g/mol. The van der Waals surface area contributed by atoms with Gasteiger partial charge in [0.2, 0.25) is 0 Å². The van der Waals surface area contributed by atoms with Gasteiger partial charge in [-0.1, -0.05) is 55.8 Å². The summed E-state index contributed by atoms with van der Waals surface area (Å²) in [5.41, 5.74) is 6.48. The average Bonchev–Trinajstić information content (AvgIpc) is 3.97. The molecular weight excluding hydrogens is 692 g/mol. The zero-order valence-corrected chi connectivity index (χ0v) is 30.8. The van der Waals surface area contributed by atoms with Crippen LogP contribution in [0.2, 0.25) is 0 Å². The Kier molecular flexibility index (Phi) is 12.9. The van der Waals surface area contributed by atoms with Crippen molar-refractivity contribution in [2.45, 2.75) is 95.2 Å². The lowest BCUT2D eigenvalue weighted by Gasteiger charge is -2.31. The number of rotatable bonds is 16. The van der Waals surface area contributed by atoms with Crippen molar-refractivity contribution in [1.29, 1.82) is 0 Å². The predicted molar refractivity (Wildman–Crippen MR) is 198 cm³/mol. The standard InChI is InChI=1S/C41H52N4O9/c1-2-3-18-49-31-13-9-27(10-14-31)21-35(43-40(47)54-38-26-52-39-33(38)16-20-51-39)36(46)25-45(44-41(48)53-32-22-30-15-19-50-37(30)23-32)24-28-7-11-29(12-8-28)34-6-4-5-17-42-34/h4-14,17,30,32-33,35-39,46H,2-3,15-16,18-26H2,1H3,(H,43,47)(H,44,48)/t30-,32+,33-,35-,36-,37+,38-,39+/m0/s1. The summed E-state index contributed by atoms with van der Waals surface area (Å²) >= 11 is 0. The number of benzene rings is 2. The summed E-state index contributed by atoms with van der Waals surface area (Å²) < 4.78 is 34.6. The highest BCUT2D eigenvalue weighted by Crippen LogP contribution is 2.37. The van der Waals surface area contributed by atoms with Gasteiger partial charge in [-0.05, 0) is 73.4 Å². The highest BCUT2D eigenvalue weighted by molar-refractivity contribution is 5.68. The van der Waals surface area contributed by atoms with E-state index in [0.29, 0.717) is 32.0 Å². The van der Waals surface area contributed by atoms with Crippen LogP contribution in [0.3, 0.4) is 0 Å². The van der Waals surface area contributed by atoms with Gasteiger partial charge < -0.3 is 38.8 Å². The highest BCUT2D eigenvalue weighted by atomic mass is 16.7. The van der Waals surface area contributed by atoms with E-state index in [-0.39, 0.29) is 44.1 Å². The second-order valence-electron chi connectivity index (χ2n) is 14.7. The number of ether oxygens (including phenoxy) is 6. The van der Waals surface area contributed by atoms with Gasteiger partial charge in [0.15, 0.2) is 6.29 Å². The van der Waals surface area contributed by atoms with Crippen LogP contribution in [0.5, 0.6) is 5.75 Å². The molecule has 0 unspecified atom stereocenters. The minimum atomic E-state index is -1.13. The van der Waals surface area contributed by atoms with Gasteiger partial charge >= 0.3 is 12.2 Å². The number of hydrazine groups is 1. The first-order valence-electron chi connectivity index (χ1n) is 19.3. The summed E-state index contributed by atoms with van der Waals surface area (Å²) in [5, 5.41) is 16.4. The van der Waals surface area contributed by atoms with Crippen LogP contribution in [-0.2, 0) is 36.6 Å². The first kappa shape index (κ1) is 38.0. The maximum absolute atomic E-state index is 13.4. The minimum Gasteiger partial charge on any atom is -0.494 e. The van der Waals surface area contributed by atoms with E-state index >= 15 is 0 Å². The van der Waals surface area contributed by atoms with E-state index in [1.165, 1.54) is 0 Å². The van der Waals surface area contributed by atoms with E-state index < -0.39 is 30.4 Å². The fraction of sp³-hybridized carbons (Fsp3) is 0.537. The number of fused-ring (bicyclic) bond motifs is 2. The van der Waals surface area contributed by atoms with Crippen molar-refractivity contribution in [3.05, 3.63) is 84.1 Å². The van der Waals surface area contributed by atoms with Crippen LogP contribution < -0.4 is 15.5 Å². The van der Waals surface area contributed by atoms with E-state index in [9.17, 15) is 14.7 Å². The quantitative estimate of drug-likeness (QED) is 0.128. The molecule has 0 bridgehead atoms. The molecule has 1 saturated carbocycles. The van der Waals surface area contributed by atoms with Crippen molar-refractivity contribution in [3.8, 4) is 17.0 Å². The normalized spacial score (nSPS) is 25.5. The maximum Gasteiger partial charge on any atom is 0.422 e. The number of pyridine rings is 1. The summed E-state index contributed by atoms with van der Waals surface area (Å²) in [7, 11) is 0. The van der Waals surface area contributed by atoms with E-state index in [4.69, 9.17) is 28.4 Å². The molecule has 13 nitrogen and oxygen atoms in total. The fourth-order valence-electron chi connectivity index (χ4n) is 7.82. The summed E-state index contributed by atoms with van der Waals surface area (Å²) in [6, 6.07) is 20.5. The largest absolute Gasteiger partial charge is 0.494 e. The van der Waals surface area contributed by atoms with Crippen LogP contribution in [-0.4, -0.2) is 97.0 Å². The maximum atomic E-state index is 13.4. The monoisotopic (exact) mass is 744 g/mol. The van der Waals surface area contributed by atoms with E-state index in [1.807, 2.05) is 66.7 Å². The summed E-state index contributed by atoms with van der Waals surface area (Å²) in [6.07, 6.45) is 3.90. The van der Waals surface area contributed by atoms with Crippen molar-refractivity contribution in [1.82, 2.24) is 20.7 Å².